The third-order valence-corrected chi connectivity index (χ3v) is 1.85. The Morgan fingerprint density at radius 1 is 1.46 bits per heavy atom. The summed E-state index contributed by atoms with van der Waals surface area (Å²) in [4.78, 5) is 11.1. The predicted molar refractivity (Wildman–Crippen MR) is 46.9 cm³/mol. The molecule has 0 aliphatic rings. The van der Waals surface area contributed by atoms with Gasteiger partial charge in [0.1, 0.15) is 0 Å². The number of hydrogen-bond donors (Lipinski definition) is 0. The van der Waals surface area contributed by atoms with E-state index in [0.29, 0.717) is 0 Å². The summed E-state index contributed by atoms with van der Waals surface area (Å²) in [7, 11) is 0. The fraction of sp³-hybridized carbons (Fsp3) is 0.300. The van der Waals surface area contributed by atoms with Crippen LogP contribution in [-0.4, -0.2) is 12.8 Å². The van der Waals surface area contributed by atoms with Gasteiger partial charge in [-0.05, 0) is 12.5 Å². The van der Waals surface area contributed by atoms with Crippen LogP contribution in [0.2, 0.25) is 0 Å². The van der Waals surface area contributed by atoms with E-state index >= 15 is 0 Å². The Morgan fingerprint density at radius 3 is 2.62 bits per heavy atom. The SMILES string of the molecule is CC(C(=O)OCF)c1ccccc1. The van der Waals surface area contributed by atoms with Crippen molar-refractivity contribution in [3.63, 3.8) is 0 Å². The molecule has 0 radical (unpaired) electrons. The highest BCUT2D eigenvalue weighted by Gasteiger charge is 2.15. The number of benzene rings is 1. The van der Waals surface area contributed by atoms with E-state index in [1.54, 1.807) is 6.92 Å². The van der Waals surface area contributed by atoms with Crippen LogP contribution in [0.4, 0.5) is 4.39 Å². The molecule has 0 spiro atoms. The minimum Gasteiger partial charge on any atom is -0.433 e. The third kappa shape index (κ3) is 2.54. The standard InChI is InChI=1S/C10H11FO2/c1-8(10(12)13-7-11)9-5-3-2-4-6-9/h2-6,8H,7H2,1H3. The molecule has 1 unspecified atom stereocenters. The zero-order chi connectivity index (χ0) is 9.68. The van der Waals surface area contributed by atoms with E-state index in [0.717, 1.165) is 5.56 Å². The molecule has 0 aliphatic heterocycles. The fourth-order valence-corrected chi connectivity index (χ4v) is 1.06. The molecule has 0 bridgehead atoms. The summed E-state index contributed by atoms with van der Waals surface area (Å²) >= 11 is 0. The van der Waals surface area contributed by atoms with E-state index < -0.39 is 18.7 Å². The first-order chi connectivity index (χ1) is 6.25. The molecule has 2 nitrogen and oxygen atoms in total. The molecule has 13 heavy (non-hydrogen) atoms. The zero-order valence-corrected chi connectivity index (χ0v) is 7.37. The molecule has 70 valence electrons. The summed E-state index contributed by atoms with van der Waals surface area (Å²) < 4.78 is 15.9. The van der Waals surface area contributed by atoms with Crippen LogP contribution in [0.5, 0.6) is 0 Å². The highest BCUT2D eigenvalue weighted by molar-refractivity contribution is 5.77. The Labute approximate surface area is 76.3 Å². The first kappa shape index (κ1) is 9.71. The summed E-state index contributed by atoms with van der Waals surface area (Å²) in [5.41, 5.74) is 0.834. The van der Waals surface area contributed by atoms with E-state index in [9.17, 15) is 9.18 Å². The van der Waals surface area contributed by atoms with Crippen molar-refractivity contribution in [3.8, 4) is 0 Å². The highest BCUT2D eigenvalue weighted by Crippen LogP contribution is 2.15. The van der Waals surface area contributed by atoms with Gasteiger partial charge in [-0.25, -0.2) is 4.39 Å². The molecule has 1 aromatic carbocycles. The predicted octanol–water partition coefficient (Wildman–Crippen LogP) is 2.26. The molecule has 1 atom stereocenters. The molecule has 0 heterocycles. The van der Waals surface area contributed by atoms with E-state index in [1.807, 2.05) is 30.3 Å². The second kappa shape index (κ2) is 4.60. The summed E-state index contributed by atoms with van der Waals surface area (Å²) in [6.07, 6.45) is 0. The lowest BCUT2D eigenvalue weighted by molar-refractivity contribution is -0.149. The monoisotopic (exact) mass is 182 g/mol. The molecule has 0 amide bonds. The van der Waals surface area contributed by atoms with Crippen LogP contribution < -0.4 is 0 Å². The van der Waals surface area contributed by atoms with Gasteiger partial charge < -0.3 is 4.74 Å². The average Bonchev–Trinajstić information content (AvgIpc) is 2.18. The molecule has 0 aliphatic carbocycles. The molecule has 0 aromatic heterocycles. The van der Waals surface area contributed by atoms with Gasteiger partial charge in [0.2, 0.25) is 6.86 Å². The molecular weight excluding hydrogens is 171 g/mol. The Bertz CT molecular complexity index is 272. The lowest BCUT2D eigenvalue weighted by Gasteiger charge is -2.08. The normalized spacial score (nSPS) is 12.2. The number of carbonyl (C=O) groups excluding carboxylic acids is 1. The van der Waals surface area contributed by atoms with Gasteiger partial charge in [-0.15, -0.1) is 0 Å². The number of alkyl halides is 1. The highest BCUT2D eigenvalue weighted by atomic mass is 19.1. The van der Waals surface area contributed by atoms with Crippen LogP contribution in [0, 0.1) is 0 Å². The maximum atomic E-state index is 11.7. The quantitative estimate of drug-likeness (QED) is 0.670. The van der Waals surface area contributed by atoms with Crippen molar-refractivity contribution in [2.45, 2.75) is 12.8 Å². The van der Waals surface area contributed by atoms with Crippen LogP contribution in [0.15, 0.2) is 30.3 Å². The molecule has 1 aromatic rings. The Kier molecular flexibility index (Phi) is 3.43. The molecule has 1 rings (SSSR count). The van der Waals surface area contributed by atoms with Crippen molar-refractivity contribution < 1.29 is 13.9 Å². The molecule has 3 heteroatoms. The molecule has 0 fully saturated rings. The van der Waals surface area contributed by atoms with Crippen molar-refractivity contribution >= 4 is 5.97 Å². The van der Waals surface area contributed by atoms with Gasteiger partial charge in [-0.1, -0.05) is 30.3 Å². The van der Waals surface area contributed by atoms with Crippen molar-refractivity contribution in [1.29, 1.82) is 0 Å². The number of carbonyl (C=O) groups is 1. The Morgan fingerprint density at radius 2 is 2.08 bits per heavy atom. The van der Waals surface area contributed by atoms with Crippen LogP contribution in [-0.2, 0) is 9.53 Å². The maximum Gasteiger partial charge on any atom is 0.315 e. The summed E-state index contributed by atoms with van der Waals surface area (Å²) in [5, 5.41) is 0. The van der Waals surface area contributed by atoms with Gasteiger partial charge in [0.25, 0.3) is 0 Å². The van der Waals surface area contributed by atoms with Gasteiger partial charge in [0, 0.05) is 0 Å². The largest absolute Gasteiger partial charge is 0.433 e. The molecule has 0 saturated heterocycles. The first-order valence-corrected chi connectivity index (χ1v) is 4.03. The van der Waals surface area contributed by atoms with Crippen LogP contribution in [0.25, 0.3) is 0 Å². The van der Waals surface area contributed by atoms with E-state index in [1.165, 1.54) is 0 Å². The third-order valence-electron chi connectivity index (χ3n) is 1.85. The topological polar surface area (TPSA) is 26.3 Å². The Balaban J connectivity index is 2.68. The number of hydrogen-bond acceptors (Lipinski definition) is 2. The fourth-order valence-electron chi connectivity index (χ4n) is 1.06. The smallest absolute Gasteiger partial charge is 0.315 e. The van der Waals surface area contributed by atoms with E-state index in [2.05, 4.69) is 4.74 Å². The van der Waals surface area contributed by atoms with Crippen molar-refractivity contribution in [2.24, 2.45) is 0 Å². The number of rotatable bonds is 3. The second-order valence-electron chi connectivity index (χ2n) is 2.70. The van der Waals surface area contributed by atoms with Crippen molar-refractivity contribution in [2.75, 3.05) is 6.86 Å². The lowest BCUT2D eigenvalue weighted by atomic mass is 10.0. The number of esters is 1. The lowest BCUT2D eigenvalue weighted by Crippen LogP contribution is -2.12. The summed E-state index contributed by atoms with van der Waals surface area (Å²) in [5.74, 6) is -0.939. The zero-order valence-electron chi connectivity index (χ0n) is 7.37. The van der Waals surface area contributed by atoms with Gasteiger partial charge in [-0.3, -0.25) is 4.79 Å². The molecule has 0 saturated carbocycles. The van der Waals surface area contributed by atoms with Crippen LogP contribution in [0.3, 0.4) is 0 Å². The molecular formula is C10H11FO2. The minimum absolute atomic E-state index is 0.406. The van der Waals surface area contributed by atoms with E-state index in [-0.39, 0.29) is 0 Å². The van der Waals surface area contributed by atoms with Gasteiger partial charge in [-0.2, -0.15) is 0 Å². The second-order valence-corrected chi connectivity index (χ2v) is 2.70. The van der Waals surface area contributed by atoms with Gasteiger partial charge in [0.15, 0.2) is 0 Å². The summed E-state index contributed by atoms with van der Waals surface area (Å²) in [6, 6.07) is 9.13. The molecule has 0 N–H and O–H groups in total. The minimum atomic E-state index is -1.06. The average molecular weight is 182 g/mol. The van der Waals surface area contributed by atoms with Crippen molar-refractivity contribution in [3.05, 3.63) is 35.9 Å². The van der Waals surface area contributed by atoms with Gasteiger partial charge in [0.05, 0.1) is 5.92 Å². The van der Waals surface area contributed by atoms with Crippen molar-refractivity contribution in [1.82, 2.24) is 0 Å². The van der Waals surface area contributed by atoms with Crippen LogP contribution in [0.1, 0.15) is 18.4 Å². The van der Waals surface area contributed by atoms with Gasteiger partial charge >= 0.3 is 5.97 Å². The Hall–Kier alpha value is -1.38. The maximum absolute atomic E-state index is 11.7. The first-order valence-electron chi connectivity index (χ1n) is 4.03. The van der Waals surface area contributed by atoms with Crippen LogP contribution >= 0.6 is 0 Å². The number of halogens is 1. The van der Waals surface area contributed by atoms with E-state index in [4.69, 9.17) is 0 Å². The number of ether oxygens (including phenoxy) is 1. The summed E-state index contributed by atoms with van der Waals surface area (Å²) in [6.45, 7) is 0.628.